The van der Waals surface area contributed by atoms with Crippen molar-refractivity contribution in [2.45, 2.75) is 82.4 Å². The number of anilines is 1. The highest BCUT2D eigenvalue weighted by molar-refractivity contribution is 7.67. The molecule has 3 rings (SSSR count). The van der Waals surface area contributed by atoms with Crippen molar-refractivity contribution in [1.29, 1.82) is 0 Å². The number of nitrogens with zero attached hydrogens (tertiary/aromatic N) is 1. The van der Waals surface area contributed by atoms with E-state index in [9.17, 15) is 0 Å². The average molecular weight is 331 g/mol. The van der Waals surface area contributed by atoms with Gasteiger partial charge in [0.25, 0.3) is 0 Å². The molecule has 2 aliphatic rings. The largest absolute Gasteiger partial charge is 0.377 e. The van der Waals surface area contributed by atoms with E-state index in [2.05, 4.69) is 44.1 Å². The van der Waals surface area contributed by atoms with Crippen molar-refractivity contribution in [2.24, 2.45) is 0 Å². The fraction of sp³-hybridized carbons (Fsp3) is 0.714. The molecule has 0 bridgehead atoms. The first kappa shape index (κ1) is 17.3. The predicted molar refractivity (Wildman–Crippen MR) is 106 cm³/mol. The Morgan fingerprint density at radius 2 is 1.35 bits per heavy atom. The van der Waals surface area contributed by atoms with Gasteiger partial charge in [0.15, 0.2) is 0 Å². The Kier molecular flexibility index (Phi) is 6.02. The zero-order chi connectivity index (χ0) is 16.2. The van der Waals surface area contributed by atoms with Gasteiger partial charge in [0.2, 0.25) is 0 Å². The number of benzene rings is 1. The SMILES string of the molecule is Cc1ccc(N(C)C)c(P(C2CCCCC2)C2CCCCC2)c1. The van der Waals surface area contributed by atoms with Crippen molar-refractivity contribution in [3.8, 4) is 0 Å². The lowest BCUT2D eigenvalue weighted by atomic mass is 9.99. The molecule has 0 amide bonds. The molecule has 2 heteroatoms. The molecule has 0 aromatic heterocycles. The van der Waals surface area contributed by atoms with Gasteiger partial charge < -0.3 is 4.90 Å². The highest BCUT2D eigenvalue weighted by Crippen LogP contribution is 2.56. The van der Waals surface area contributed by atoms with Crippen molar-refractivity contribution in [3.05, 3.63) is 23.8 Å². The van der Waals surface area contributed by atoms with Crippen LogP contribution in [-0.4, -0.2) is 25.4 Å². The Bertz CT molecular complexity index is 481. The van der Waals surface area contributed by atoms with E-state index in [4.69, 9.17) is 0 Å². The van der Waals surface area contributed by atoms with Crippen LogP contribution in [0.3, 0.4) is 0 Å². The van der Waals surface area contributed by atoms with Crippen molar-refractivity contribution in [2.75, 3.05) is 19.0 Å². The van der Waals surface area contributed by atoms with E-state index in [1.54, 1.807) is 5.30 Å². The van der Waals surface area contributed by atoms with Crippen LogP contribution in [0, 0.1) is 6.92 Å². The Morgan fingerprint density at radius 1 is 0.826 bits per heavy atom. The summed E-state index contributed by atoms with van der Waals surface area (Å²) in [5.74, 6) is 0. The molecule has 2 saturated carbocycles. The normalized spacial score (nSPS) is 20.9. The van der Waals surface area contributed by atoms with Crippen LogP contribution >= 0.6 is 7.92 Å². The molecule has 1 aromatic rings. The maximum Gasteiger partial charge on any atom is 0.0439 e. The van der Waals surface area contributed by atoms with Crippen molar-refractivity contribution in [3.63, 3.8) is 0 Å². The van der Waals surface area contributed by atoms with Crippen LogP contribution in [0.5, 0.6) is 0 Å². The van der Waals surface area contributed by atoms with E-state index >= 15 is 0 Å². The Hall–Kier alpha value is -0.550. The molecule has 0 atom stereocenters. The van der Waals surface area contributed by atoms with E-state index in [-0.39, 0.29) is 7.92 Å². The van der Waals surface area contributed by atoms with Gasteiger partial charge in [0.05, 0.1) is 0 Å². The fourth-order valence-electron chi connectivity index (χ4n) is 4.63. The quantitative estimate of drug-likeness (QED) is 0.627. The molecule has 23 heavy (non-hydrogen) atoms. The van der Waals surface area contributed by atoms with Crippen LogP contribution in [0.4, 0.5) is 5.69 Å². The van der Waals surface area contributed by atoms with Gasteiger partial charge in [-0.25, -0.2) is 0 Å². The highest BCUT2D eigenvalue weighted by atomic mass is 31.1. The summed E-state index contributed by atoms with van der Waals surface area (Å²) in [6, 6.07) is 7.23. The summed E-state index contributed by atoms with van der Waals surface area (Å²) < 4.78 is 0. The molecule has 0 spiro atoms. The van der Waals surface area contributed by atoms with Crippen LogP contribution in [0.2, 0.25) is 0 Å². The fourth-order valence-corrected chi connectivity index (χ4v) is 8.75. The highest BCUT2D eigenvalue weighted by Gasteiger charge is 2.33. The summed E-state index contributed by atoms with van der Waals surface area (Å²) in [7, 11) is 4.45. The third kappa shape index (κ3) is 4.11. The van der Waals surface area contributed by atoms with Gasteiger partial charge in [0, 0.05) is 25.1 Å². The second-order valence-corrected chi connectivity index (χ2v) is 10.6. The summed E-state index contributed by atoms with van der Waals surface area (Å²) in [5.41, 5.74) is 4.92. The molecule has 0 radical (unpaired) electrons. The standard InChI is InChI=1S/C21H34NP/c1-17-14-15-20(22(2)3)21(16-17)23(18-10-6-4-7-11-18)19-12-8-5-9-13-19/h14-16,18-19H,4-13H2,1-3H3. The van der Waals surface area contributed by atoms with E-state index in [1.165, 1.54) is 75.5 Å². The summed E-state index contributed by atoms with van der Waals surface area (Å²) in [6.07, 6.45) is 14.8. The van der Waals surface area contributed by atoms with Crippen molar-refractivity contribution < 1.29 is 0 Å². The van der Waals surface area contributed by atoms with Gasteiger partial charge >= 0.3 is 0 Å². The first-order valence-corrected chi connectivity index (χ1v) is 11.2. The van der Waals surface area contributed by atoms with Crippen LogP contribution in [0.1, 0.15) is 69.8 Å². The minimum absolute atomic E-state index is 0.00321. The lowest BCUT2D eigenvalue weighted by Crippen LogP contribution is -2.29. The summed E-state index contributed by atoms with van der Waals surface area (Å²) >= 11 is 0. The maximum atomic E-state index is 2.55. The minimum atomic E-state index is -0.00321. The zero-order valence-corrected chi connectivity index (χ0v) is 16.2. The monoisotopic (exact) mass is 331 g/mol. The molecule has 1 nitrogen and oxygen atoms in total. The van der Waals surface area contributed by atoms with Gasteiger partial charge in [-0.3, -0.25) is 0 Å². The third-order valence-electron chi connectivity index (χ3n) is 5.83. The van der Waals surface area contributed by atoms with Gasteiger partial charge in [-0.1, -0.05) is 58.1 Å². The molecule has 0 N–H and O–H groups in total. The minimum Gasteiger partial charge on any atom is -0.377 e. The van der Waals surface area contributed by atoms with Gasteiger partial charge in [-0.05, 0) is 56.1 Å². The molecular weight excluding hydrogens is 297 g/mol. The Labute approximate surface area is 144 Å². The zero-order valence-electron chi connectivity index (χ0n) is 15.4. The van der Waals surface area contributed by atoms with E-state index in [1.807, 2.05) is 0 Å². The second kappa shape index (κ2) is 8.02. The van der Waals surface area contributed by atoms with Crippen LogP contribution in [-0.2, 0) is 0 Å². The molecule has 128 valence electrons. The summed E-state index contributed by atoms with van der Waals surface area (Å²) in [5, 5.41) is 1.73. The summed E-state index contributed by atoms with van der Waals surface area (Å²) in [4.78, 5) is 2.36. The lowest BCUT2D eigenvalue weighted by Gasteiger charge is -2.40. The second-order valence-electron chi connectivity index (χ2n) is 7.88. The van der Waals surface area contributed by atoms with Crippen LogP contribution in [0.25, 0.3) is 0 Å². The molecule has 1 aromatic carbocycles. The molecule has 2 aliphatic carbocycles. The summed E-state index contributed by atoms with van der Waals surface area (Å²) in [6.45, 7) is 2.28. The smallest absolute Gasteiger partial charge is 0.0439 e. The Morgan fingerprint density at radius 3 is 1.83 bits per heavy atom. The molecule has 2 fully saturated rings. The molecule has 0 unspecified atom stereocenters. The first-order valence-electron chi connectivity index (χ1n) is 9.73. The van der Waals surface area contributed by atoms with Gasteiger partial charge in [0.1, 0.15) is 0 Å². The maximum absolute atomic E-state index is 2.55. The number of aryl methyl sites for hydroxylation is 1. The topological polar surface area (TPSA) is 3.24 Å². The van der Waals surface area contributed by atoms with Crippen molar-refractivity contribution >= 4 is 18.9 Å². The third-order valence-corrected chi connectivity index (χ3v) is 9.35. The molecule has 0 saturated heterocycles. The van der Waals surface area contributed by atoms with Crippen LogP contribution < -0.4 is 10.2 Å². The lowest BCUT2D eigenvalue weighted by molar-refractivity contribution is 0.487. The van der Waals surface area contributed by atoms with Gasteiger partial charge in [-0.2, -0.15) is 0 Å². The number of hydrogen-bond donors (Lipinski definition) is 0. The molecule has 0 aliphatic heterocycles. The molecule has 0 heterocycles. The Balaban J connectivity index is 1.98. The van der Waals surface area contributed by atoms with Gasteiger partial charge in [-0.15, -0.1) is 0 Å². The van der Waals surface area contributed by atoms with E-state index in [0.29, 0.717) is 0 Å². The van der Waals surface area contributed by atoms with E-state index in [0.717, 1.165) is 11.3 Å². The van der Waals surface area contributed by atoms with Crippen molar-refractivity contribution in [1.82, 2.24) is 0 Å². The predicted octanol–water partition coefficient (Wildman–Crippen LogP) is 5.83. The average Bonchev–Trinajstić information content (AvgIpc) is 2.57. The van der Waals surface area contributed by atoms with E-state index < -0.39 is 0 Å². The first-order chi connectivity index (χ1) is 11.2. The molecular formula is C21H34NP. The number of hydrogen-bond acceptors (Lipinski definition) is 1. The van der Waals surface area contributed by atoms with Crippen LogP contribution in [0.15, 0.2) is 18.2 Å². The number of rotatable bonds is 4.